The highest BCUT2D eigenvalue weighted by Gasteiger charge is 2.42. The zero-order chi connectivity index (χ0) is 10.9. The number of hydrogen-bond donors (Lipinski definition) is 1. The van der Waals surface area contributed by atoms with Crippen molar-refractivity contribution in [3.05, 3.63) is 0 Å². The molecule has 86 valence electrons. The number of guanidine groups is 1. The van der Waals surface area contributed by atoms with Crippen molar-refractivity contribution in [2.24, 2.45) is 10.7 Å². The molecule has 0 atom stereocenters. The van der Waals surface area contributed by atoms with E-state index < -0.39 is 0 Å². The van der Waals surface area contributed by atoms with Crippen molar-refractivity contribution in [3.8, 4) is 0 Å². The highest BCUT2D eigenvalue weighted by atomic mass is 15.3. The lowest BCUT2D eigenvalue weighted by molar-refractivity contribution is 0.0997. The molecule has 15 heavy (non-hydrogen) atoms. The molecule has 1 fully saturated rings. The van der Waals surface area contributed by atoms with Crippen molar-refractivity contribution in [2.75, 3.05) is 33.2 Å². The Hall–Kier alpha value is -0.770. The molecule has 2 rings (SSSR count). The van der Waals surface area contributed by atoms with Crippen molar-refractivity contribution < 1.29 is 0 Å². The Balaban J connectivity index is 1.93. The average Bonchev–Trinajstić information content (AvgIpc) is 2.52. The van der Waals surface area contributed by atoms with Crippen molar-refractivity contribution in [1.29, 1.82) is 0 Å². The zero-order valence-electron chi connectivity index (χ0n) is 9.87. The molecule has 0 aromatic carbocycles. The zero-order valence-corrected chi connectivity index (χ0v) is 9.87. The van der Waals surface area contributed by atoms with Crippen molar-refractivity contribution in [2.45, 2.75) is 31.7 Å². The number of piperidine rings is 1. The Morgan fingerprint density at radius 3 is 2.53 bits per heavy atom. The monoisotopic (exact) mass is 210 g/mol. The van der Waals surface area contributed by atoms with Crippen LogP contribution in [0.15, 0.2) is 4.99 Å². The number of likely N-dealkylation sites (tertiary alicyclic amines) is 1. The van der Waals surface area contributed by atoms with Gasteiger partial charge in [-0.25, -0.2) is 0 Å². The maximum absolute atomic E-state index is 5.84. The number of likely N-dealkylation sites (N-methyl/N-ethyl adjacent to an activating group) is 1. The van der Waals surface area contributed by atoms with E-state index in [9.17, 15) is 0 Å². The van der Waals surface area contributed by atoms with Gasteiger partial charge in [0.05, 0.1) is 12.1 Å². The van der Waals surface area contributed by atoms with Gasteiger partial charge in [-0.2, -0.15) is 0 Å². The van der Waals surface area contributed by atoms with E-state index in [1.807, 2.05) is 0 Å². The summed E-state index contributed by atoms with van der Waals surface area (Å²) < 4.78 is 0. The number of hydrogen-bond acceptors (Lipinski definition) is 4. The lowest BCUT2D eigenvalue weighted by atomic mass is 9.87. The molecule has 2 N–H and O–H groups in total. The minimum atomic E-state index is 0.244. The van der Waals surface area contributed by atoms with Crippen molar-refractivity contribution in [3.63, 3.8) is 0 Å². The Morgan fingerprint density at radius 2 is 2.07 bits per heavy atom. The highest BCUT2D eigenvalue weighted by molar-refractivity contribution is 5.80. The first-order valence-corrected chi connectivity index (χ1v) is 5.94. The number of nitrogens with zero attached hydrogens (tertiary/aromatic N) is 3. The second kappa shape index (κ2) is 4.00. The summed E-state index contributed by atoms with van der Waals surface area (Å²) in [5, 5.41) is 0. The van der Waals surface area contributed by atoms with Crippen LogP contribution >= 0.6 is 0 Å². The van der Waals surface area contributed by atoms with Gasteiger partial charge in [0, 0.05) is 20.1 Å². The molecule has 2 heterocycles. The number of rotatable bonds is 2. The van der Waals surface area contributed by atoms with Crippen LogP contribution in [0.2, 0.25) is 0 Å². The highest BCUT2D eigenvalue weighted by Crippen LogP contribution is 2.31. The van der Waals surface area contributed by atoms with E-state index >= 15 is 0 Å². The van der Waals surface area contributed by atoms with E-state index in [0.717, 1.165) is 12.5 Å². The first-order chi connectivity index (χ1) is 7.18. The van der Waals surface area contributed by atoms with Crippen LogP contribution in [0.4, 0.5) is 0 Å². The maximum atomic E-state index is 5.84. The largest absolute Gasteiger partial charge is 0.370 e. The second-order valence-electron chi connectivity index (χ2n) is 4.80. The van der Waals surface area contributed by atoms with E-state index in [0.29, 0.717) is 0 Å². The van der Waals surface area contributed by atoms with Gasteiger partial charge in [-0.3, -0.25) is 4.99 Å². The third-order valence-electron chi connectivity index (χ3n) is 3.92. The third kappa shape index (κ3) is 1.83. The summed E-state index contributed by atoms with van der Waals surface area (Å²) in [5.74, 6) is 0.721. The van der Waals surface area contributed by atoms with Crippen molar-refractivity contribution >= 4 is 5.96 Å². The van der Waals surface area contributed by atoms with Gasteiger partial charge in [0.15, 0.2) is 5.96 Å². The normalized spacial score (nSPS) is 26.0. The Labute approximate surface area is 92.1 Å². The first kappa shape index (κ1) is 10.7. The van der Waals surface area contributed by atoms with Crippen LogP contribution in [0.25, 0.3) is 0 Å². The first-order valence-electron chi connectivity index (χ1n) is 5.94. The fourth-order valence-corrected chi connectivity index (χ4v) is 2.69. The molecule has 0 saturated carbocycles. The Bertz CT molecular complexity index is 253. The van der Waals surface area contributed by atoms with Gasteiger partial charge in [-0.05, 0) is 25.8 Å². The minimum absolute atomic E-state index is 0.244. The van der Waals surface area contributed by atoms with Crippen LogP contribution in [-0.2, 0) is 0 Å². The summed E-state index contributed by atoms with van der Waals surface area (Å²) in [6, 6.07) is 0. The lowest BCUT2D eigenvalue weighted by Gasteiger charge is -2.43. The van der Waals surface area contributed by atoms with Crippen LogP contribution in [-0.4, -0.2) is 54.5 Å². The quantitative estimate of drug-likeness (QED) is 0.721. The molecule has 2 aliphatic rings. The van der Waals surface area contributed by atoms with E-state index in [1.54, 1.807) is 0 Å². The molecular formula is C11H22N4. The molecular weight excluding hydrogens is 188 g/mol. The van der Waals surface area contributed by atoms with Gasteiger partial charge in [-0.15, -0.1) is 0 Å². The lowest BCUT2D eigenvalue weighted by Crippen LogP contribution is -2.55. The minimum Gasteiger partial charge on any atom is -0.370 e. The van der Waals surface area contributed by atoms with Gasteiger partial charge in [0.25, 0.3) is 0 Å². The summed E-state index contributed by atoms with van der Waals surface area (Å²) in [4.78, 5) is 9.11. The van der Waals surface area contributed by atoms with Gasteiger partial charge in [0.2, 0.25) is 0 Å². The van der Waals surface area contributed by atoms with E-state index in [4.69, 9.17) is 5.73 Å². The third-order valence-corrected chi connectivity index (χ3v) is 3.92. The second-order valence-corrected chi connectivity index (χ2v) is 4.80. The summed E-state index contributed by atoms with van der Waals surface area (Å²) in [7, 11) is 2.08. The van der Waals surface area contributed by atoms with E-state index in [-0.39, 0.29) is 5.54 Å². The van der Waals surface area contributed by atoms with Crippen LogP contribution in [0.5, 0.6) is 0 Å². The molecule has 4 heteroatoms. The number of nitrogens with two attached hydrogens (primary N) is 1. The molecule has 0 amide bonds. The molecule has 0 radical (unpaired) electrons. The molecule has 0 unspecified atom stereocenters. The fourth-order valence-electron chi connectivity index (χ4n) is 2.69. The van der Waals surface area contributed by atoms with Gasteiger partial charge in [-0.1, -0.05) is 6.92 Å². The Morgan fingerprint density at radius 1 is 1.40 bits per heavy atom. The fraction of sp³-hybridized carbons (Fsp3) is 0.909. The standard InChI is InChI=1S/C11H22N4/c1-3-6-15-7-4-11(5-8-15)9-13-10(12)14(11)2/h3-9H2,1-2H3,(H2,12,13). The molecule has 0 aliphatic carbocycles. The SMILES string of the molecule is CCCN1CCC2(CC1)CN=C(N)N2C. The summed E-state index contributed by atoms with van der Waals surface area (Å²) in [6.07, 6.45) is 3.66. The summed E-state index contributed by atoms with van der Waals surface area (Å²) >= 11 is 0. The van der Waals surface area contributed by atoms with Crippen LogP contribution in [0.3, 0.4) is 0 Å². The smallest absolute Gasteiger partial charge is 0.191 e. The van der Waals surface area contributed by atoms with Crippen molar-refractivity contribution in [1.82, 2.24) is 9.80 Å². The topological polar surface area (TPSA) is 44.9 Å². The summed E-state index contributed by atoms with van der Waals surface area (Å²) in [5.41, 5.74) is 6.08. The van der Waals surface area contributed by atoms with Crippen LogP contribution < -0.4 is 5.73 Å². The van der Waals surface area contributed by atoms with Crippen LogP contribution in [0.1, 0.15) is 26.2 Å². The van der Waals surface area contributed by atoms with Crippen LogP contribution in [0, 0.1) is 0 Å². The number of aliphatic imine (C=N–C) groups is 1. The molecule has 1 saturated heterocycles. The van der Waals surface area contributed by atoms with E-state index in [1.165, 1.54) is 38.9 Å². The molecule has 2 aliphatic heterocycles. The molecule has 0 aromatic heterocycles. The Kier molecular flexibility index (Phi) is 2.87. The predicted molar refractivity (Wildman–Crippen MR) is 62.9 cm³/mol. The average molecular weight is 210 g/mol. The summed E-state index contributed by atoms with van der Waals surface area (Å²) in [6.45, 7) is 6.76. The van der Waals surface area contributed by atoms with Gasteiger partial charge >= 0.3 is 0 Å². The van der Waals surface area contributed by atoms with Gasteiger partial charge < -0.3 is 15.5 Å². The van der Waals surface area contributed by atoms with Gasteiger partial charge in [0.1, 0.15) is 0 Å². The molecule has 4 nitrogen and oxygen atoms in total. The maximum Gasteiger partial charge on any atom is 0.191 e. The van der Waals surface area contributed by atoms with E-state index in [2.05, 4.69) is 28.8 Å². The predicted octanol–water partition coefficient (Wildman–Crippen LogP) is 0.491. The molecule has 0 bridgehead atoms. The molecule has 1 spiro atoms. The molecule has 0 aromatic rings.